The molecule has 0 aliphatic rings. The summed E-state index contributed by atoms with van der Waals surface area (Å²) in [6.07, 6.45) is 0. The van der Waals surface area contributed by atoms with Crippen molar-refractivity contribution >= 4 is 21.9 Å². The molecule has 0 aliphatic heterocycles. The number of carbonyl (C=O) groups is 1. The van der Waals surface area contributed by atoms with Crippen LogP contribution in [-0.4, -0.2) is 18.2 Å². The largest absolute Gasteiger partial charge is 0.465 e. The molecule has 0 bridgehead atoms. The Labute approximate surface area is 95.2 Å². The van der Waals surface area contributed by atoms with E-state index in [1.54, 1.807) is 6.07 Å². The van der Waals surface area contributed by atoms with Crippen LogP contribution in [0.25, 0.3) is 0 Å². The van der Waals surface area contributed by atoms with Gasteiger partial charge in [-0.05, 0) is 12.1 Å². The topological polar surface area (TPSA) is 70.3 Å². The van der Waals surface area contributed by atoms with Crippen LogP contribution in [0.15, 0.2) is 16.6 Å². The second-order valence-electron chi connectivity index (χ2n) is 2.71. The summed E-state index contributed by atoms with van der Waals surface area (Å²) in [5.74, 6) is -0.628. The van der Waals surface area contributed by atoms with Crippen LogP contribution in [0.2, 0.25) is 0 Å². The van der Waals surface area contributed by atoms with Crippen LogP contribution in [0.5, 0.6) is 0 Å². The van der Waals surface area contributed by atoms with E-state index in [2.05, 4.69) is 20.7 Å². The van der Waals surface area contributed by atoms with E-state index in [0.29, 0.717) is 10.0 Å². The molecule has 0 saturated heterocycles. The van der Waals surface area contributed by atoms with Crippen LogP contribution in [0, 0.1) is 11.3 Å². The average molecular weight is 270 g/mol. The zero-order valence-corrected chi connectivity index (χ0v) is 9.54. The molecule has 1 aromatic carbocycles. The number of aliphatic hydroxyl groups is 1. The molecule has 0 unspecified atom stereocenters. The molecule has 0 amide bonds. The van der Waals surface area contributed by atoms with E-state index < -0.39 is 5.97 Å². The Morgan fingerprint density at radius 1 is 1.67 bits per heavy atom. The van der Waals surface area contributed by atoms with E-state index in [1.807, 2.05) is 6.07 Å². The van der Waals surface area contributed by atoms with Gasteiger partial charge in [0.15, 0.2) is 0 Å². The minimum Gasteiger partial charge on any atom is -0.465 e. The van der Waals surface area contributed by atoms with E-state index in [4.69, 9.17) is 10.4 Å². The molecule has 1 rings (SSSR count). The van der Waals surface area contributed by atoms with Crippen LogP contribution in [0.3, 0.4) is 0 Å². The summed E-state index contributed by atoms with van der Waals surface area (Å²) < 4.78 is 5.13. The number of rotatable bonds is 2. The normalized spacial score (nSPS) is 9.47. The second kappa shape index (κ2) is 4.91. The monoisotopic (exact) mass is 269 g/mol. The van der Waals surface area contributed by atoms with Gasteiger partial charge in [0, 0.05) is 10.0 Å². The van der Waals surface area contributed by atoms with Gasteiger partial charge >= 0.3 is 5.97 Å². The van der Waals surface area contributed by atoms with E-state index in [-0.39, 0.29) is 17.7 Å². The number of hydrogen-bond acceptors (Lipinski definition) is 4. The molecule has 0 aromatic heterocycles. The fourth-order valence-corrected chi connectivity index (χ4v) is 1.66. The summed E-state index contributed by atoms with van der Waals surface area (Å²) in [7, 11) is 1.23. The van der Waals surface area contributed by atoms with Crippen molar-refractivity contribution in [1.82, 2.24) is 0 Å². The maximum absolute atomic E-state index is 11.4. The lowest BCUT2D eigenvalue weighted by molar-refractivity contribution is 0.0596. The lowest BCUT2D eigenvalue weighted by atomic mass is 10.0. The Kier molecular flexibility index (Phi) is 3.83. The Hall–Kier alpha value is -1.38. The highest BCUT2D eigenvalue weighted by Gasteiger charge is 2.18. The molecule has 15 heavy (non-hydrogen) atoms. The highest BCUT2D eigenvalue weighted by molar-refractivity contribution is 9.10. The van der Waals surface area contributed by atoms with Crippen molar-refractivity contribution in [3.63, 3.8) is 0 Å². The Morgan fingerprint density at radius 3 is 2.80 bits per heavy atom. The van der Waals surface area contributed by atoms with Crippen molar-refractivity contribution < 1.29 is 14.6 Å². The molecule has 0 spiro atoms. The number of benzene rings is 1. The minimum absolute atomic E-state index is 0.108. The van der Waals surface area contributed by atoms with E-state index in [9.17, 15) is 4.79 Å². The molecular formula is C10H8BrNO3. The fourth-order valence-electron chi connectivity index (χ4n) is 1.21. The third-order valence-electron chi connectivity index (χ3n) is 1.92. The summed E-state index contributed by atoms with van der Waals surface area (Å²) >= 11 is 3.19. The summed E-state index contributed by atoms with van der Waals surface area (Å²) in [5, 5.41) is 17.9. The highest BCUT2D eigenvalue weighted by atomic mass is 79.9. The Morgan fingerprint density at radius 2 is 2.33 bits per heavy atom. The van der Waals surface area contributed by atoms with Gasteiger partial charge in [0.1, 0.15) is 6.07 Å². The minimum atomic E-state index is -0.628. The first-order valence-corrected chi connectivity index (χ1v) is 4.85. The predicted octanol–water partition coefficient (Wildman–Crippen LogP) is 1.60. The van der Waals surface area contributed by atoms with Gasteiger partial charge in [0.2, 0.25) is 0 Å². The molecule has 78 valence electrons. The highest BCUT2D eigenvalue weighted by Crippen LogP contribution is 2.24. The molecule has 1 N–H and O–H groups in total. The van der Waals surface area contributed by atoms with Crippen LogP contribution >= 0.6 is 15.9 Å². The third kappa shape index (κ3) is 2.17. The van der Waals surface area contributed by atoms with Crippen LogP contribution in [0.1, 0.15) is 21.5 Å². The lowest BCUT2D eigenvalue weighted by Gasteiger charge is -2.09. The standard InChI is InChI=1S/C10H8BrNO3/c1-15-10(14)9-6(4-12)2-3-8(11)7(9)5-13/h2-3,13H,5H2,1H3. The quantitative estimate of drug-likeness (QED) is 0.828. The molecule has 0 aliphatic carbocycles. The summed E-state index contributed by atoms with van der Waals surface area (Å²) in [5.41, 5.74) is 0.659. The lowest BCUT2D eigenvalue weighted by Crippen LogP contribution is -2.09. The summed E-state index contributed by atoms with van der Waals surface area (Å²) in [6, 6.07) is 4.98. The van der Waals surface area contributed by atoms with E-state index in [0.717, 1.165) is 0 Å². The number of hydrogen-bond donors (Lipinski definition) is 1. The SMILES string of the molecule is COC(=O)c1c(C#N)ccc(Br)c1CO. The number of methoxy groups -OCH3 is 1. The van der Waals surface area contributed by atoms with Crippen molar-refractivity contribution in [2.75, 3.05) is 7.11 Å². The fraction of sp³-hybridized carbons (Fsp3) is 0.200. The zero-order valence-electron chi connectivity index (χ0n) is 7.95. The van der Waals surface area contributed by atoms with Crippen molar-refractivity contribution in [3.05, 3.63) is 33.3 Å². The van der Waals surface area contributed by atoms with Gasteiger partial charge in [-0.15, -0.1) is 0 Å². The molecule has 0 radical (unpaired) electrons. The van der Waals surface area contributed by atoms with Gasteiger partial charge in [0.05, 0.1) is 24.8 Å². The van der Waals surface area contributed by atoms with E-state index >= 15 is 0 Å². The second-order valence-corrected chi connectivity index (χ2v) is 3.56. The first kappa shape index (κ1) is 11.7. The molecule has 0 atom stereocenters. The number of nitrogens with zero attached hydrogens (tertiary/aromatic N) is 1. The number of nitriles is 1. The van der Waals surface area contributed by atoms with Crippen molar-refractivity contribution in [3.8, 4) is 6.07 Å². The van der Waals surface area contributed by atoms with Crippen LogP contribution < -0.4 is 0 Å². The maximum Gasteiger partial charge on any atom is 0.339 e. The molecule has 4 nitrogen and oxygen atoms in total. The summed E-state index contributed by atoms with van der Waals surface area (Å²) in [6.45, 7) is -0.333. The molecule has 1 aromatic rings. The molecule has 0 saturated carbocycles. The van der Waals surface area contributed by atoms with Gasteiger partial charge in [-0.3, -0.25) is 0 Å². The Bertz CT molecular complexity index is 437. The van der Waals surface area contributed by atoms with Gasteiger partial charge in [-0.1, -0.05) is 15.9 Å². The first-order valence-electron chi connectivity index (χ1n) is 4.06. The number of carbonyl (C=O) groups excluding carboxylic acids is 1. The molecular weight excluding hydrogens is 262 g/mol. The number of aliphatic hydroxyl groups excluding tert-OH is 1. The van der Waals surface area contributed by atoms with Crippen molar-refractivity contribution in [1.29, 1.82) is 5.26 Å². The van der Waals surface area contributed by atoms with Crippen LogP contribution in [-0.2, 0) is 11.3 Å². The predicted molar refractivity (Wildman–Crippen MR) is 56.1 cm³/mol. The molecule has 0 heterocycles. The zero-order chi connectivity index (χ0) is 11.4. The van der Waals surface area contributed by atoms with Gasteiger partial charge in [-0.2, -0.15) is 5.26 Å². The summed E-state index contributed by atoms with van der Waals surface area (Å²) in [4.78, 5) is 11.4. The van der Waals surface area contributed by atoms with Gasteiger partial charge < -0.3 is 9.84 Å². The Balaban J connectivity index is 3.49. The smallest absolute Gasteiger partial charge is 0.339 e. The maximum atomic E-state index is 11.4. The average Bonchev–Trinajstić information content (AvgIpc) is 2.27. The number of ether oxygens (including phenoxy) is 1. The van der Waals surface area contributed by atoms with Crippen LogP contribution in [0.4, 0.5) is 0 Å². The van der Waals surface area contributed by atoms with E-state index in [1.165, 1.54) is 13.2 Å². The van der Waals surface area contributed by atoms with Crippen molar-refractivity contribution in [2.45, 2.75) is 6.61 Å². The number of esters is 1. The first-order chi connectivity index (χ1) is 7.15. The molecule has 5 heteroatoms. The number of halogens is 1. The van der Waals surface area contributed by atoms with Gasteiger partial charge in [-0.25, -0.2) is 4.79 Å². The molecule has 0 fully saturated rings. The van der Waals surface area contributed by atoms with Gasteiger partial charge in [0.25, 0.3) is 0 Å². The third-order valence-corrected chi connectivity index (χ3v) is 2.67. The van der Waals surface area contributed by atoms with Crippen molar-refractivity contribution in [2.24, 2.45) is 0 Å².